The van der Waals surface area contributed by atoms with Crippen molar-refractivity contribution in [1.82, 2.24) is 39.0 Å². The van der Waals surface area contributed by atoms with Gasteiger partial charge >= 0.3 is 21.3 Å². The number of phosphoric acid groups is 2. The number of nitrogens with zero attached hydrogens (tertiary/aromatic N) is 7. The van der Waals surface area contributed by atoms with Gasteiger partial charge in [-0.1, -0.05) is 0 Å². The van der Waals surface area contributed by atoms with Gasteiger partial charge in [-0.3, -0.25) is 23.4 Å². The van der Waals surface area contributed by atoms with E-state index in [1.54, 1.807) is 26.0 Å². The Labute approximate surface area is 295 Å². The highest BCUT2D eigenvalue weighted by molar-refractivity contribution is 7.61. The maximum Gasteiger partial charge on any atom is 0.481 e. The van der Waals surface area contributed by atoms with E-state index in [4.69, 9.17) is 15.0 Å². The first-order valence-corrected chi connectivity index (χ1v) is 18.4. The Bertz CT molecular complexity index is 2350. The number of nitrogens with one attached hydrogen (secondary N) is 1. The predicted molar refractivity (Wildman–Crippen MR) is 177 cm³/mol. The smallest absolute Gasteiger partial charge is 0.388 e. The summed E-state index contributed by atoms with van der Waals surface area (Å²) in [5, 5.41) is 53.0. The Morgan fingerprint density at radius 2 is 1.68 bits per heavy atom. The van der Waals surface area contributed by atoms with Gasteiger partial charge in [0.2, 0.25) is 0 Å². The summed E-state index contributed by atoms with van der Waals surface area (Å²) in [6, 6.07) is 3.29. The topological polar surface area (TPSA) is 363 Å². The minimum atomic E-state index is -5.54. The lowest BCUT2D eigenvalue weighted by molar-refractivity contribution is -0.0794. The molecule has 0 radical (unpaired) electrons. The summed E-state index contributed by atoms with van der Waals surface area (Å²) in [6.07, 6.45) is -9.93. The summed E-state index contributed by atoms with van der Waals surface area (Å²) in [4.78, 5) is 66.6. The molecule has 26 heteroatoms. The number of imidazole rings is 1. The predicted octanol–water partition coefficient (Wildman–Crippen LogP) is -2.42. The second kappa shape index (κ2) is 14.6. The Kier molecular flexibility index (Phi) is 10.6. The molecule has 3 aromatic rings. The van der Waals surface area contributed by atoms with E-state index < -0.39 is 89.5 Å². The van der Waals surface area contributed by atoms with Crippen LogP contribution >= 0.6 is 15.6 Å². The first-order valence-electron chi connectivity index (χ1n) is 15.4. The van der Waals surface area contributed by atoms with Crippen molar-refractivity contribution in [3.8, 4) is 11.5 Å². The number of fused-ring (bicyclic) bond motifs is 3. The van der Waals surface area contributed by atoms with Gasteiger partial charge in [0.05, 0.1) is 37.1 Å². The van der Waals surface area contributed by atoms with Gasteiger partial charge in [-0.15, -0.1) is 0 Å². The zero-order valence-electron chi connectivity index (χ0n) is 27.5. The minimum absolute atomic E-state index is 0.0293. The fourth-order valence-electron chi connectivity index (χ4n) is 5.55. The van der Waals surface area contributed by atoms with Gasteiger partial charge in [0.25, 0.3) is 5.56 Å². The van der Waals surface area contributed by atoms with Gasteiger partial charge in [-0.2, -0.15) is 9.29 Å². The van der Waals surface area contributed by atoms with Crippen LogP contribution in [0.25, 0.3) is 33.7 Å². The number of rotatable bonds is 13. The highest BCUT2D eigenvalue weighted by Gasteiger charge is 2.46. The van der Waals surface area contributed by atoms with Crippen LogP contribution in [0.5, 0.6) is 0 Å². The molecule has 1 aromatic carbocycles. The molecule has 10 N–H and O–H groups in total. The summed E-state index contributed by atoms with van der Waals surface area (Å²) in [5.74, 6) is -0.212. The molecule has 53 heavy (non-hydrogen) atoms. The van der Waals surface area contributed by atoms with Crippen LogP contribution in [0, 0.1) is 13.8 Å². The standard InChI is InChI=1S/C27H33N9O15P2/c1-10-3-12-13(4-11(10)2)35(24-18(32-12)25(42)34-27(43)33-24)5-14(37)19(39)15(38)6-48-52(44,45)51-53(46,47)49-7-16-20(40)21(41)26(50-16)36-9-31-17-22(28)29-8-30-23(17)36/h3-4,8-9,14-16,19-21,26,37-41H,5-7H2,1-2H3,(H,44,45)(H,46,47)(H2,28,29,30)(H,34,42,43)/t14?,15?,16-,19?,20?,21+,26-/m1/s1. The quantitative estimate of drug-likeness (QED) is 0.0443. The molecule has 6 rings (SSSR count). The van der Waals surface area contributed by atoms with E-state index in [0.717, 1.165) is 17.5 Å². The van der Waals surface area contributed by atoms with Crippen LogP contribution in [0.4, 0.5) is 5.82 Å². The molecule has 2 aromatic heterocycles. The van der Waals surface area contributed by atoms with Crippen LogP contribution in [-0.4, -0.2) is 124 Å². The molecule has 1 fully saturated rings. The summed E-state index contributed by atoms with van der Waals surface area (Å²) in [6.45, 7) is 0.795. The van der Waals surface area contributed by atoms with Gasteiger partial charge in [-0.25, -0.2) is 33.9 Å². The highest BCUT2D eigenvalue weighted by atomic mass is 31.3. The fraction of sp³-hybridized carbons (Fsp3) is 0.444. The minimum Gasteiger partial charge on any atom is -0.388 e. The monoisotopic (exact) mass is 785 g/mol. The average molecular weight is 786 g/mol. The molecule has 6 unspecified atom stereocenters. The number of aryl methyl sites for hydroxylation is 2. The van der Waals surface area contributed by atoms with E-state index in [2.05, 4.69) is 33.8 Å². The average Bonchev–Trinajstić information content (AvgIpc) is 3.63. The zero-order chi connectivity index (χ0) is 38.6. The molecule has 9 atom stereocenters. The Hall–Kier alpha value is -4.13. The summed E-state index contributed by atoms with van der Waals surface area (Å²) >= 11 is 0. The molecule has 24 nitrogen and oxygen atoms in total. The van der Waals surface area contributed by atoms with Gasteiger partial charge in [0.1, 0.15) is 48.5 Å². The first-order chi connectivity index (χ1) is 24.9. The first kappa shape index (κ1) is 38.6. The summed E-state index contributed by atoms with van der Waals surface area (Å²) < 4.78 is 46.6. The third kappa shape index (κ3) is 7.91. The maximum absolute atomic E-state index is 12.5. The van der Waals surface area contributed by atoms with Crippen molar-refractivity contribution in [1.29, 1.82) is 0 Å². The number of nitrogens with two attached hydrogens (primary N) is 1. The SMILES string of the molecule is Cc1cc2nc3c(=O)[nH]c(=O)nc-3n(CC(O)C(O)C(O)COP(=O)(O)OP(=O)(O)OC[C@H]3O[C@@H](n4cnc5c(N)ncnc54)[C@@H](O)C3O)c2cc1C. The molecular formula is C27H33N9O15P2. The van der Waals surface area contributed by atoms with Crippen molar-refractivity contribution >= 4 is 43.7 Å². The number of ether oxygens (including phenoxy) is 1. The lowest BCUT2D eigenvalue weighted by Crippen LogP contribution is -2.42. The molecule has 0 spiro atoms. The van der Waals surface area contributed by atoms with Crippen molar-refractivity contribution in [2.75, 3.05) is 18.9 Å². The number of anilines is 1. The number of benzene rings is 1. The zero-order valence-corrected chi connectivity index (χ0v) is 29.3. The molecule has 0 amide bonds. The van der Waals surface area contributed by atoms with Crippen LogP contribution in [0.1, 0.15) is 17.4 Å². The van der Waals surface area contributed by atoms with Crippen molar-refractivity contribution in [3.05, 3.63) is 56.8 Å². The van der Waals surface area contributed by atoms with E-state index in [1.807, 2.05) is 4.98 Å². The second-order valence-corrected chi connectivity index (χ2v) is 15.1. The Morgan fingerprint density at radius 3 is 2.42 bits per heavy atom. The highest BCUT2D eigenvalue weighted by Crippen LogP contribution is 2.60. The molecule has 0 aliphatic carbocycles. The fourth-order valence-corrected chi connectivity index (χ4v) is 7.65. The van der Waals surface area contributed by atoms with Gasteiger partial charge < -0.3 is 50.4 Å². The number of phosphoric ester groups is 2. The number of H-pyrrole nitrogens is 1. The lowest BCUT2D eigenvalue weighted by atomic mass is 10.1. The third-order valence-corrected chi connectivity index (χ3v) is 11.0. The van der Waals surface area contributed by atoms with E-state index in [0.29, 0.717) is 5.52 Å². The normalized spacial score (nSPS) is 23.3. The molecule has 286 valence electrons. The van der Waals surface area contributed by atoms with Crippen LogP contribution in [-0.2, 0) is 33.8 Å². The summed E-state index contributed by atoms with van der Waals surface area (Å²) in [5.41, 5.74) is 6.11. The molecule has 1 saturated heterocycles. The summed E-state index contributed by atoms with van der Waals surface area (Å²) in [7, 11) is -11.0. The van der Waals surface area contributed by atoms with Crippen molar-refractivity contribution < 1.29 is 62.5 Å². The molecule has 0 bridgehead atoms. The van der Waals surface area contributed by atoms with Crippen LogP contribution in [0.15, 0.2) is 34.4 Å². The van der Waals surface area contributed by atoms with Crippen LogP contribution in [0.3, 0.4) is 0 Å². The van der Waals surface area contributed by atoms with Gasteiger partial charge in [0.15, 0.2) is 29.2 Å². The number of aliphatic hydroxyl groups excluding tert-OH is 5. The number of aromatic nitrogens is 8. The molecule has 3 aliphatic rings. The lowest BCUT2D eigenvalue weighted by Gasteiger charge is -2.26. The number of nitrogen functional groups attached to an aromatic ring is 1. The molecule has 5 heterocycles. The van der Waals surface area contributed by atoms with E-state index >= 15 is 0 Å². The molecule has 0 saturated carbocycles. The van der Waals surface area contributed by atoms with E-state index in [1.165, 1.54) is 15.5 Å². The molecule has 3 aliphatic heterocycles. The third-order valence-electron chi connectivity index (χ3n) is 8.40. The van der Waals surface area contributed by atoms with E-state index in [9.17, 15) is 54.0 Å². The van der Waals surface area contributed by atoms with E-state index in [-0.39, 0.29) is 34.0 Å². The Balaban J connectivity index is 1.07. The number of aliphatic hydroxyl groups is 5. The number of aromatic amines is 1. The van der Waals surface area contributed by atoms with Crippen molar-refractivity contribution in [2.45, 2.75) is 63.2 Å². The largest absolute Gasteiger partial charge is 0.481 e. The molecular weight excluding hydrogens is 752 g/mol. The van der Waals surface area contributed by atoms with Crippen LogP contribution in [0.2, 0.25) is 0 Å². The van der Waals surface area contributed by atoms with Crippen LogP contribution < -0.4 is 17.0 Å². The number of hydrogen-bond donors (Lipinski definition) is 9. The van der Waals surface area contributed by atoms with Gasteiger partial charge in [0, 0.05) is 0 Å². The van der Waals surface area contributed by atoms with Crippen molar-refractivity contribution in [2.24, 2.45) is 0 Å². The Morgan fingerprint density at radius 1 is 0.981 bits per heavy atom. The maximum atomic E-state index is 12.5. The van der Waals surface area contributed by atoms with Gasteiger partial charge in [-0.05, 0) is 37.1 Å². The number of hydrogen-bond acceptors (Lipinski definition) is 19. The second-order valence-electron chi connectivity index (χ2n) is 12.1. The van der Waals surface area contributed by atoms with Crippen molar-refractivity contribution in [3.63, 3.8) is 0 Å².